The number of halogens is 1. The quantitative estimate of drug-likeness (QED) is 0.751. The molecular weight excluding hydrogens is 292 g/mol. The molecule has 0 aliphatic rings. The number of benzene rings is 1. The van der Waals surface area contributed by atoms with Crippen LogP contribution in [-0.4, -0.2) is 14.3 Å². The van der Waals surface area contributed by atoms with Crippen LogP contribution < -0.4 is 5.73 Å². The van der Waals surface area contributed by atoms with Gasteiger partial charge in [-0.25, -0.2) is 0 Å². The van der Waals surface area contributed by atoms with Gasteiger partial charge in [0, 0.05) is 47.3 Å². The zero-order chi connectivity index (χ0) is 12.9. The van der Waals surface area contributed by atoms with Gasteiger partial charge in [0.25, 0.3) is 0 Å². The van der Waals surface area contributed by atoms with E-state index in [-0.39, 0.29) is 0 Å². The van der Waals surface area contributed by atoms with E-state index >= 15 is 0 Å². The van der Waals surface area contributed by atoms with Gasteiger partial charge in [-0.05, 0) is 12.1 Å². The molecule has 0 fully saturated rings. The van der Waals surface area contributed by atoms with Crippen LogP contribution in [0.25, 0.3) is 22.2 Å². The number of fused-ring (bicyclic) bond motifs is 1. The standard InChI is InChI=1S/C13H13BrN4/c1-17-7-8(10-6-12(15)18(2)16-10)13-9(14)4-3-5-11(13)17/h3-7H,15H2,1-2H3. The Hall–Kier alpha value is -1.75. The summed E-state index contributed by atoms with van der Waals surface area (Å²) in [7, 11) is 3.88. The van der Waals surface area contributed by atoms with Crippen molar-refractivity contribution < 1.29 is 0 Å². The highest BCUT2D eigenvalue weighted by molar-refractivity contribution is 9.10. The van der Waals surface area contributed by atoms with E-state index in [1.54, 1.807) is 4.68 Å². The molecule has 4 nitrogen and oxygen atoms in total. The van der Waals surface area contributed by atoms with Gasteiger partial charge in [0.15, 0.2) is 0 Å². The predicted octanol–water partition coefficient (Wildman–Crippen LogP) is 2.92. The van der Waals surface area contributed by atoms with Crippen molar-refractivity contribution in [1.29, 1.82) is 0 Å². The molecular formula is C13H13BrN4. The molecule has 0 spiro atoms. The van der Waals surface area contributed by atoms with Gasteiger partial charge >= 0.3 is 0 Å². The Balaban J connectivity index is 2.36. The van der Waals surface area contributed by atoms with E-state index in [2.05, 4.69) is 37.9 Å². The lowest BCUT2D eigenvalue weighted by molar-refractivity contribution is 0.782. The maximum atomic E-state index is 5.85. The molecule has 0 saturated heterocycles. The van der Waals surface area contributed by atoms with Gasteiger partial charge in [-0.15, -0.1) is 0 Å². The van der Waals surface area contributed by atoms with E-state index in [9.17, 15) is 0 Å². The molecule has 2 heterocycles. The molecule has 2 aromatic heterocycles. The minimum absolute atomic E-state index is 0.661. The summed E-state index contributed by atoms with van der Waals surface area (Å²) in [6.45, 7) is 0. The monoisotopic (exact) mass is 304 g/mol. The van der Waals surface area contributed by atoms with E-state index in [0.717, 1.165) is 21.1 Å². The molecule has 0 aliphatic carbocycles. The summed E-state index contributed by atoms with van der Waals surface area (Å²) in [5, 5.41) is 5.61. The second-order valence-electron chi connectivity index (χ2n) is 4.37. The van der Waals surface area contributed by atoms with Gasteiger partial charge in [0.1, 0.15) is 5.82 Å². The largest absolute Gasteiger partial charge is 0.384 e. The van der Waals surface area contributed by atoms with Crippen molar-refractivity contribution in [2.45, 2.75) is 0 Å². The highest BCUT2D eigenvalue weighted by Gasteiger charge is 2.14. The molecule has 0 aliphatic heterocycles. The third-order valence-corrected chi connectivity index (χ3v) is 3.82. The summed E-state index contributed by atoms with van der Waals surface area (Å²) >= 11 is 3.60. The summed E-state index contributed by atoms with van der Waals surface area (Å²) < 4.78 is 4.85. The SMILES string of the molecule is Cn1nc(-c2cn(C)c3cccc(Br)c23)cc1N. The molecule has 3 aromatic rings. The van der Waals surface area contributed by atoms with E-state index in [0.29, 0.717) is 5.82 Å². The lowest BCUT2D eigenvalue weighted by Gasteiger charge is -1.98. The van der Waals surface area contributed by atoms with E-state index in [1.165, 1.54) is 5.52 Å². The van der Waals surface area contributed by atoms with Crippen molar-refractivity contribution in [3.05, 3.63) is 34.9 Å². The van der Waals surface area contributed by atoms with Gasteiger partial charge in [-0.2, -0.15) is 5.10 Å². The van der Waals surface area contributed by atoms with Crippen LogP contribution in [0.4, 0.5) is 5.82 Å². The first-order valence-electron chi connectivity index (χ1n) is 5.61. The molecule has 18 heavy (non-hydrogen) atoms. The smallest absolute Gasteiger partial charge is 0.121 e. The summed E-state index contributed by atoms with van der Waals surface area (Å²) in [4.78, 5) is 0. The fourth-order valence-electron chi connectivity index (χ4n) is 2.21. The molecule has 1 aromatic carbocycles. The van der Waals surface area contributed by atoms with Gasteiger partial charge in [-0.1, -0.05) is 22.0 Å². The second kappa shape index (κ2) is 3.88. The van der Waals surface area contributed by atoms with Gasteiger partial charge in [-0.3, -0.25) is 4.68 Å². The highest BCUT2D eigenvalue weighted by atomic mass is 79.9. The van der Waals surface area contributed by atoms with Crippen LogP contribution in [0.5, 0.6) is 0 Å². The van der Waals surface area contributed by atoms with Crippen molar-refractivity contribution >= 4 is 32.7 Å². The van der Waals surface area contributed by atoms with Crippen molar-refractivity contribution in [3.8, 4) is 11.3 Å². The Bertz CT molecular complexity index is 719. The number of hydrogen-bond acceptors (Lipinski definition) is 2. The number of anilines is 1. The zero-order valence-electron chi connectivity index (χ0n) is 10.2. The molecule has 92 valence electrons. The Morgan fingerprint density at radius 2 is 2.06 bits per heavy atom. The van der Waals surface area contributed by atoms with Gasteiger partial charge in [0.05, 0.1) is 5.69 Å². The van der Waals surface area contributed by atoms with Crippen molar-refractivity contribution in [2.75, 3.05) is 5.73 Å². The molecule has 3 rings (SSSR count). The normalized spacial score (nSPS) is 11.3. The van der Waals surface area contributed by atoms with Crippen molar-refractivity contribution in [3.63, 3.8) is 0 Å². The summed E-state index contributed by atoms with van der Waals surface area (Å²) in [5.74, 6) is 0.661. The molecule has 0 atom stereocenters. The van der Waals surface area contributed by atoms with Crippen molar-refractivity contribution in [1.82, 2.24) is 14.3 Å². The average Bonchev–Trinajstić information content (AvgIpc) is 2.83. The number of aromatic nitrogens is 3. The Labute approximate surface area is 113 Å². The molecule has 0 unspecified atom stereocenters. The molecule has 5 heteroatoms. The maximum Gasteiger partial charge on any atom is 0.121 e. The van der Waals surface area contributed by atoms with Crippen LogP contribution in [0, 0.1) is 0 Å². The van der Waals surface area contributed by atoms with E-state index in [1.807, 2.05) is 32.3 Å². The fourth-order valence-corrected chi connectivity index (χ4v) is 2.78. The van der Waals surface area contributed by atoms with Gasteiger partial charge in [0.2, 0.25) is 0 Å². The molecule has 0 saturated carbocycles. The minimum Gasteiger partial charge on any atom is -0.384 e. The Kier molecular flexibility index (Phi) is 2.45. The summed E-state index contributed by atoms with van der Waals surface area (Å²) in [6.07, 6.45) is 2.08. The number of aryl methyl sites for hydroxylation is 2. The van der Waals surface area contributed by atoms with Crippen LogP contribution in [0.2, 0.25) is 0 Å². The Morgan fingerprint density at radius 1 is 1.28 bits per heavy atom. The highest BCUT2D eigenvalue weighted by Crippen LogP contribution is 2.35. The van der Waals surface area contributed by atoms with Gasteiger partial charge < -0.3 is 10.3 Å². The summed E-state index contributed by atoms with van der Waals surface area (Å²) in [6, 6.07) is 8.06. The van der Waals surface area contributed by atoms with Crippen LogP contribution in [0.3, 0.4) is 0 Å². The van der Waals surface area contributed by atoms with Crippen LogP contribution >= 0.6 is 15.9 Å². The average molecular weight is 305 g/mol. The van der Waals surface area contributed by atoms with Crippen LogP contribution in [0.15, 0.2) is 34.9 Å². The third-order valence-electron chi connectivity index (χ3n) is 3.16. The molecule has 2 N–H and O–H groups in total. The van der Waals surface area contributed by atoms with E-state index in [4.69, 9.17) is 5.73 Å². The zero-order valence-corrected chi connectivity index (χ0v) is 11.8. The number of nitrogens with two attached hydrogens (primary N) is 1. The van der Waals surface area contributed by atoms with Crippen molar-refractivity contribution in [2.24, 2.45) is 14.1 Å². The lowest BCUT2D eigenvalue weighted by Crippen LogP contribution is -1.96. The molecule has 0 radical (unpaired) electrons. The fraction of sp³-hybridized carbons (Fsp3) is 0.154. The first-order chi connectivity index (χ1) is 8.58. The number of nitrogen functional groups attached to an aromatic ring is 1. The number of nitrogens with zero attached hydrogens (tertiary/aromatic N) is 3. The molecule has 0 bridgehead atoms. The Morgan fingerprint density at radius 3 is 2.72 bits per heavy atom. The van der Waals surface area contributed by atoms with E-state index < -0.39 is 0 Å². The first kappa shape index (κ1) is 11.3. The number of rotatable bonds is 1. The molecule has 0 amide bonds. The third kappa shape index (κ3) is 1.54. The predicted molar refractivity (Wildman–Crippen MR) is 77.2 cm³/mol. The lowest BCUT2D eigenvalue weighted by atomic mass is 10.1. The van der Waals surface area contributed by atoms with Crippen LogP contribution in [-0.2, 0) is 14.1 Å². The summed E-state index contributed by atoms with van der Waals surface area (Å²) in [5.41, 5.74) is 9.00. The minimum atomic E-state index is 0.661. The first-order valence-corrected chi connectivity index (χ1v) is 6.40. The van der Waals surface area contributed by atoms with Crippen LogP contribution in [0.1, 0.15) is 0 Å². The number of hydrogen-bond donors (Lipinski definition) is 1. The second-order valence-corrected chi connectivity index (χ2v) is 5.22. The topological polar surface area (TPSA) is 48.8 Å². The maximum absolute atomic E-state index is 5.85.